The first kappa shape index (κ1) is 31.4. The van der Waals surface area contributed by atoms with Crippen molar-refractivity contribution in [1.82, 2.24) is 0 Å². The van der Waals surface area contributed by atoms with Crippen molar-refractivity contribution in [3.05, 3.63) is 69.9 Å². The Labute approximate surface area is 207 Å². The molecule has 0 saturated heterocycles. The zero-order valence-electron chi connectivity index (χ0n) is 23.4. The fourth-order valence-electron chi connectivity index (χ4n) is 3.56. The molecule has 0 atom stereocenters. The highest BCUT2D eigenvalue weighted by Crippen LogP contribution is 2.13. The Kier molecular flexibility index (Phi) is 20.0. The molecule has 0 aliphatic rings. The van der Waals surface area contributed by atoms with Crippen LogP contribution in [0.2, 0.25) is 0 Å². The minimum absolute atomic E-state index is 0.829. The van der Waals surface area contributed by atoms with E-state index in [0.717, 1.165) is 51.7 Å². The Hall–Kier alpha value is -1.60. The van der Waals surface area contributed by atoms with Gasteiger partial charge in [0.1, 0.15) is 0 Å². The number of allylic oxidation sites excluding steroid dienone is 10. The van der Waals surface area contributed by atoms with Crippen molar-refractivity contribution in [3.8, 4) is 0 Å². The van der Waals surface area contributed by atoms with Crippen LogP contribution in [0.25, 0.3) is 0 Å². The van der Waals surface area contributed by atoms with E-state index < -0.39 is 0 Å². The van der Waals surface area contributed by atoms with E-state index in [4.69, 9.17) is 4.74 Å². The van der Waals surface area contributed by atoms with Gasteiger partial charge in [-0.15, -0.1) is 0 Å². The zero-order valence-corrected chi connectivity index (χ0v) is 23.4. The zero-order chi connectivity index (χ0) is 24.9. The molecule has 0 aromatic heterocycles. The van der Waals surface area contributed by atoms with Crippen LogP contribution in [-0.4, -0.2) is 13.2 Å². The summed E-state index contributed by atoms with van der Waals surface area (Å²) in [5, 5.41) is 0. The molecule has 0 rings (SSSR count). The van der Waals surface area contributed by atoms with Crippen LogP contribution in [0.1, 0.15) is 120 Å². The molecule has 0 aliphatic carbocycles. The van der Waals surface area contributed by atoms with Crippen molar-refractivity contribution in [2.45, 2.75) is 120 Å². The molecule has 33 heavy (non-hydrogen) atoms. The highest BCUT2D eigenvalue weighted by Gasteiger charge is 1.94. The average molecular weight is 455 g/mol. The van der Waals surface area contributed by atoms with E-state index in [1.54, 1.807) is 0 Å². The topological polar surface area (TPSA) is 9.23 Å². The van der Waals surface area contributed by atoms with Gasteiger partial charge in [0.15, 0.2) is 0 Å². The van der Waals surface area contributed by atoms with Crippen LogP contribution in [-0.2, 0) is 4.74 Å². The predicted molar refractivity (Wildman–Crippen MR) is 151 cm³/mol. The van der Waals surface area contributed by atoms with Gasteiger partial charge in [-0.2, -0.15) is 0 Å². The Morgan fingerprint density at radius 3 is 0.970 bits per heavy atom. The summed E-state index contributed by atoms with van der Waals surface area (Å²) >= 11 is 0. The lowest BCUT2D eigenvalue weighted by atomic mass is 10.1. The summed E-state index contributed by atoms with van der Waals surface area (Å²) in [6.07, 6.45) is 25.5. The van der Waals surface area contributed by atoms with Gasteiger partial charge in [-0.3, -0.25) is 0 Å². The van der Waals surface area contributed by atoms with Crippen LogP contribution >= 0.6 is 0 Å². The quantitative estimate of drug-likeness (QED) is 0.148. The minimum Gasteiger partial charge on any atom is -0.381 e. The van der Waals surface area contributed by atoms with E-state index in [1.807, 2.05) is 0 Å². The molecule has 188 valence electrons. The third-order valence-corrected chi connectivity index (χ3v) is 5.76. The first-order chi connectivity index (χ1) is 15.7. The van der Waals surface area contributed by atoms with Gasteiger partial charge in [-0.25, -0.2) is 0 Å². The standard InChI is InChI=1S/C32H54O/c1-27(2)15-9-17-29(5)19-11-21-31(7)23-13-25-33-26-14-24-32(8)22-12-20-30(6)18-10-16-28(3)4/h15-16,19-20,23-24H,9-14,17-18,21-22,25-26H2,1-8H3. The van der Waals surface area contributed by atoms with Crippen LogP contribution < -0.4 is 0 Å². The van der Waals surface area contributed by atoms with Crippen LogP contribution in [0.4, 0.5) is 0 Å². The summed E-state index contributed by atoms with van der Waals surface area (Å²) in [4.78, 5) is 0. The molecule has 0 radical (unpaired) electrons. The molecule has 0 aromatic carbocycles. The maximum Gasteiger partial charge on any atom is 0.0500 e. The van der Waals surface area contributed by atoms with Crippen LogP contribution in [0.5, 0.6) is 0 Å². The molecular formula is C32H54O. The van der Waals surface area contributed by atoms with Gasteiger partial charge in [0, 0.05) is 0 Å². The predicted octanol–water partition coefficient (Wildman–Crippen LogP) is 10.6. The van der Waals surface area contributed by atoms with E-state index in [1.165, 1.54) is 59.1 Å². The summed E-state index contributed by atoms with van der Waals surface area (Å²) in [5.74, 6) is 0. The number of rotatable bonds is 18. The average Bonchev–Trinajstić information content (AvgIpc) is 2.72. The number of hydrogen-bond donors (Lipinski definition) is 0. The number of ether oxygens (including phenoxy) is 1. The van der Waals surface area contributed by atoms with Crippen LogP contribution in [0.15, 0.2) is 69.9 Å². The lowest BCUT2D eigenvalue weighted by Crippen LogP contribution is -1.95. The SMILES string of the molecule is CC(C)=CCCC(C)=CCCC(C)=CCCOCCC=C(C)CCC=C(C)CCC=C(C)C. The largest absolute Gasteiger partial charge is 0.381 e. The first-order valence-electron chi connectivity index (χ1n) is 13.2. The molecular weight excluding hydrogens is 400 g/mol. The summed E-state index contributed by atoms with van der Waals surface area (Å²) in [6.45, 7) is 19.3. The van der Waals surface area contributed by atoms with Crippen LogP contribution in [0, 0.1) is 0 Å². The summed E-state index contributed by atoms with van der Waals surface area (Å²) < 4.78 is 5.82. The van der Waals surface area contributed by atoms with E-state index in [0.29, 0.717) is 0 Å². The van der Waals surface area contributed by atoms with Gasteiger partial charge in [0.05, 0.1) is 13.2 Å². The Balaban J connectivity index is 3.86. The molecule has 0 heterocycles. The van der Waals surface area contributed by atoms with Gasteiger partial charge < -0.3 is 4.74 Å². The molecule has 0 amide bonds. The second-order valence-electron chi connectivity index (χ2n) is 10.1. The fourth-order valence-corrected chi connectivity index (χ4v) is 3.56. The molecule has 0 aromatic rings. The lowest BCUT2D eigenvalue weighted by Gasteiger charge is -2.04. The third kappa shape index (κ3) is 23.4. The van der Waals surface area contributed by atoms with Gasteiger partial charge in [0.25, 0.3) is 0 Å². The lowest BCUT2D eigenvalue weighted by molar-refractivity contribution is 0.143. The summed E-state index contributed by atoms with van der Waals surface area (Å²) in [6, 6.07) is 0. The van der Waals surface area contributed by atoms with E-state index in [-0.39, 0.29) is 0 Å². The highest BCUT2D eigenvalue weighted by atomic mass is 16.5. The second kappa shape index (κ2) is 21.0. The van der Waals surface area contributed by atoms with Crippen molar-refractivity contribution in [2.24, 2.45) is 0 Å². The van der Waals surface area contributed by atoms with Crippen molar-refractivity contribution in [3.63, 3.8) is 0 Å². The van der Waals surface area contributed by atoms with E-state index >= 15 is 0 Å². The van der Waals surface area contributed by atoms with Crippen molar-refractivity contribution in [2.75, 3.05) is 13.2 Å². The molecule has 1 nitrogen and oxygen atoms in total. The molecule has 0 saturated carbocycles. The normalized spacial score (nSPS) is 13.3. The van der Waals surface area contributed by atoms with Gasteiger partial charge in [0.2, 0.25) is 0 Å². The Morgan fingerprint density at radius 2 is 0.667 bits per heavy atom. The minimum atomic E-state index is 0.829. The monoisotopic (exact) mass is 454 g/mol. The maximum absolute atomic E-state index is 5.82. The van der Waals surface area contributed by atoms with Gasteiger partial charge in [-0.1, -0.05) is 69.9 Å². The second-order valence-corrected chi connectivity index (χ2v) is 10.1. The highest BCUT2D eigenvalue weighted by molar-refractivity contribution is 5.06. The van der Waals surface area contributed by atoms with Crippen molar-refractivity contribution in [1.29, 1.82) is 0 Å². The molecule has 0 bridgehead atoms. The Morgan fingerprint density at radius 1 is 0.394 bits per heavy atom. The maximum atomic E-state index is 5.82. The number of hydrogen-bond acceptors (Lipinski definition) is 1. The molecule has 1 heteroatoms. The third-order valence-electron chi connectivity index (χ3n) is 5.76. The Bertz CT molecular complexity index is 626. The van der Waals surface area contributed by atoms with Crippen LogP contribution in [0.3, 0.4) is 0 Å². The molecule has 0 spiro atoms. The molecule has 0 unspecified atom stereocenters. The van der Waals surface area contributed by atoms with Gasteiger partial charge in [-0.05, 0) is 120 Å². The van der Waals surface area contributed by atoms with Crippen molar-refractivity contribution >= 4 is 0 Å². The molecule has 0 aliphatic heterocycles. The molecule has 0 fully saturated rings. The van der Waals surface area contributed by atoms with Gasteiger partial charge >= 0.3 is 0 Å². The van der Waals surface area contributed by atoms with E-state index in [9.17, 15) is 0 Å². The smallest absolute Gasteiger partial charge is 0.0500 e. The molecule has 0 N–H and O–H groups in total. The first-order valence-corrected chi connectivity index (χ1v) is 13.2. The van der Waals surface area contributed by atoms with Crippen molar-refractivity contribution < 1.29 is 4.74 Å². The summed E-state index contributed by atoms with van der Waals surface area (Å²) in [7, 11) is 0. The van der Waals surface area contributed by atoms with E-state index in [2.05, 4.69) is 91.8 Å². The summed E-state index contributed by atoms with van der Waals surface area (Å²) in [5.41, 5.74) is 8.81. The fraction of sp³-hybridized carbons (Fsp3) is 0.625.